The summed E-state index contributed by atoms with van der Waals surface area (Å²) in [6.45, 7) is 2.86. The molecule has 0 bridgehead atoms. The number of nitrogens with zero attached hydrogens (tertiary/aromatic N) is 1. The molecular weight excluding hydrogens is 421 g/mol. The van der Waals surface area contributed by atoms with Crippen LogP contribution in [-0.2, 0) is 21.7 Å². The van der Waals surface area contributed by atoms with Gasteiger partial charge in [-0.3, -0.25) is 9.69 Å². The molecule has 0 radical (unpaired) electrons. The lowest BCUT2D eigenvalue weighted by Crippen LogP contribution is -2.37. The Morgan fingerprint density at radius 1 is 1.21 bits per heavy atom. The van der Waals surface area contributed by atoms with E-state index in [9.17, 15) is 9.90 Å². The molecule has 0 fully saturated rings. The molecule has 0 spiro atoms. The minimum absolute atomic E-state index is 0. The van der Waals surface area contributed by atoms with Gasteiger partial charge in [-0.15, -0.1) is 12.4 Å². The number of halogens is 3. The van der Waals surface area contributed by atoms with Gasteiger partial charge in [0.15, 0.2) is 0 Å². The maximum atomic E-state index is 11.2. The largest absolute Gasteiger partial charge is 0.480 e. The predicted molar refractivity (Wildman–Crippen MR) is 115 cm³/mol. The molecular formula is C21H24Cl3NO3. The van der Waals surface area contributed by atoms with Crippen molar-refractivity contribution in [1.29, 1.82) is 0 Å². The smallest absolute Gasteiger partial charge is 0.320 e. The van der Waals surface area contributed by atoms with Crippen LogP contribution in [0.15, 0.2) is 42.5 Å². The van der Waals surface area contributed by atoms with Gasteiger partial charge >= 0.3 is 5.97 Å². The van der Waals surface area contributed by atoms with E-state index in [0.29, 0.717) is 23.2 Å². The third-order valence-electron chi connectivity index (χ3n) is 5.35. The van der Waals surface area contributed by atoms with Crippen LogP contribution in [0.2, 0.25) is 10.0 Å². The highest BCUT2D eigenvalue weighted by Crippen LogP contribution is 2.46. The Balaban J connectivity index is 0.00000280. The van der Waals surface area contributed by atoms with Crippen molar-refractivity contribution >= 4 is 41.6 Å². The first-order valence-electron chi connectivity index (χ1n) is 8.95. The molecule has 1 aliphatic rings. The highest BCUT2D eigenvalue weighted by molar-refractivity contribution is 6.30. The number of aliphatic carboxylic acids is 1. The van der Waals surface area contributed by atoms with Crippen LogP contribution in [0, 0.1) is 0 Å². The van der Waals surface area contributed by atoms with Crippen LogP contribution in [0.3, 0.4) is 0 Å². The number of carbonyl (C=O) groups is 1. The van der Waals surface area contributed by atoms with Gasteiger partial charge < -0.3 is 9.84 Å². The summed E-state index contributed by atoms with van der Waals surface area (Å²) in [6, 6.07) is 13.1. The molecule has 152 valence electrons. The molecule has 0 aromatic heterocycles. The van der Waals surface area contributed by atoms with Gasteiger partial charge in [-0.2, -0.15) is 0 Å². The molecule has 1 N–H and O–H groups in total. The number of benzene rings is 2. The van der Waals surface area contributed by atoms with Crippen LogP contribution in [0.25, 0.3) is 0 Å². The first kappa shape index (κ1) is 23.0. The molecule has 2 aromatic carbocycles. The number of carboxylic acid groups (broad SMARTS) is 1. The van der Waals surface area contributed by atoms with Crippen LogP contribution in [0.4, 0.5) is 0 Å². The lowest BCUT2D eigenvalue weighted by molar-refractivity contribution is -0.142. The lowest BCUT2D eigenvalue weighted by Gasteiger charge is -2.32. The summed E-state index contributed by atoms with van der Waals surface area (Å²) in [4.78, 5) is 13.0. The van der Waals surface area contributed by atoms with E-state index >= 15 is 0 Å². The molecule has 0 saturated carbocycles. The van der Waals surface area contributed by atoms with E-state index in [2.05, 4.69) is 0 Å². The van der Waals surface area contributed by atoms with Crippen LogP contribution in [-0.4, -0.2) is 35.6 Å². The Morgan fingerprint density at radius 2 is 1.86 bits per heavy atom. The van der Waals surface area contributed by atoms with Gasteiger partial charge in [0.05, 0.1) is 6.61 Å². The Bertz CT molecular complexity index is 828. The molecule has 1 heterocycles. The Morgan fingerprint density at radius 3 is 2.50 bits per heavy atom. The fourth-order valence-corrected chi connectivity index (χ4v) is 3.94. The second-order valence-electron chi connectivity index (χ2n) is 7.02. The van der Waals surface area contributed by atoms with E-state index in [-0.39, 0.29) is 12.4 Å². The molecule has 28 heavy (non-hydrogen) atoms. The van der Waals surface area contributed by atoms with Gasteiger partial charge in [-0.1, -0.05) is 41.4 Å². The van der Waals surface area contributed by atoms with Crippen molar-refractivity contribution in [3.05, 3.63) is 69.2 Å². The Hall–Kier alpha value is -1.30. The molecule has 4 nitrogen and oxygen atoms in total. The zero-order valence-corrected chi connectivity index (χ0v) is 18.2. The van der Waals surface area contributed by atoms with E-state index < -0.39 is 17.6 Å². The first-order valence-corrected chi connectivity index (χ1v) is 9.71. The SMILES string of the molecule is CC(C(=O)O)N(C)CCCC1(c2ccc(Cl)cc2)OCc2cc(Cl)ccc21.Cl. The van der Waals surface area contributed by atoms with Crippen molar-refractivity contribution in [3.8, 4) is 0 Å². The van der Waals surface area contributed by atoms with Gasteiger partial charge in [0.25, 0.3) is 0 Å². The lowest BCUT2D eigenvalue weighted by atomic mass is 9.82. The number of ether oxygens (including phenoxy) is 1. The fourth-order valence-electron chi connectivity index (χ4n) is 3.62. The van der Waals surface area contributed by atoms with Crippen molar-refractivity contribution in [3.63, 3.8) is 0 Å². The second kappa shape index (κ2) is 9.47. The molecule has 2 atom stereocenters. The molecule has 3 rings (SSSR count). The summed E-state index contributed by atoms with van der Waals surface area (Å²) in [7, 11) is 1.83. The molecule has 0 amide bonds. The number of rotatable bonds is 7. The Labute approximate surface area is 181 Å². The summed E-state index contributed by atoms with van der Waals surface area (Å²) in [5.74, 6) is -0.818. The minimum atomic E-state index is -0.818. The van der Waals surface area contributed by atoms with E-state index in [1.165, 1.54) is 0 Å². The normalized spacial score (nSPS) is 19.2. The zero-order valence-electron chi connectivity index (χ0n) is 15.8. The van der Waals surface area contributed by atoms with E-state index in [4.69, 9.17) is 27.9 Å². The van der Waals surface area contributed by atoms with Crippen molar-refractivity contribution in [2.24, 2.45) is 0 Å². The molecule has 0 saturated heterocycles. The minimum Gasteiger partial charge on any atom is -0.480 e. The van der Waals surface area contributed by atoms with Crippen LogP contribution in [0.1, 0.15) is 36.5 Å². The monoisotopic (exact) mass is 443 g/mol. The third-order valence-corrected chi connectivity index (χ3v) is 5.83. The van der Waals surface area contributed by atoms with Crippen LogP contribution >= 0.6 is 35.6 Å². The number of carboxylic acids is 1. The number of hydrogen-bond donors (Lipinski definition) is 1. The molecule has 7 heteroatoms. The highest BCUT2D eigenvalue weighted by Gasteiger charge is 2.41. The summed E-state index contributed by atoms with van der Waals surface area (Å²) < 4.78 is 6.35. The fraction of sp³-hybridized carbons (Fsp3) is 0.381. The van der Waals surface area contributed by atoms with E-state index in [1.54, 1.807) is 6.92 Å². The first-order chi connectivity index (χ1) is 12.8. The summed E-state index contributed by atoms with van der Waals surface area (Å²) >= 11 is 12.2. The predicted octanol–water partition coefficient (Wildman–Crippen LogP) is 5.37. The van der Waals surface area contributed by atoms with E-state index in [0.717, 1.165) is 29.5 Å². The molecule has 0 aliphatic carbocycles. The number of hydrogen-bond acceptors (Lipinski definition) is 3. The highest BCUT2D eigenvalue weighted by atomic mass is 35.5. The van der Waals surface area contributed by atoms with Crippen molar-refractivity contribution in [2.45, 2.75) is 38.0 Å². The standard InChI is InChI=1S/C21H23Cl2NO3.ClH/c1-14(20(25)26)24(2)11-3-10-21(16-4-6-17(22)7-5-16)19-9-8-18(23)12-15(19)13-27-21;/h4-9,12,14H,3,10-11,13H2,1-2H3,(H,25,26);1H. The average molecular weight is 445 g/mol. The van der Waals surface area contributed by atoms with Crippen molar-refractivity contribution in [1.82, 2.24) is 4.90 Å². The van der Waals surface area contributed by atoms with Gasteiger partial charge in [-0.05, 0) is 74.3 Å². The van der Waals surface area contributed by atoms with Crippen LogP contribution < -0.4 is 0 Å². The van der Waals surface area contributed by atoms with Gasteiger partial charge in [0.2, 0.25) is 0 Å². The quantitative estimate of drug-likeness (QED) is 0.623. The second-order valence-corrected chi connectivity index (χ2v) is 7.90. The topological polar surface area (TPSA) is 49.8 Å². The van der Waals surface area contributed by atoms with E-state index in [1.807, 2.05) is 54.4 Å². The van der Waals surface area contributed by atoms with Crippen molar-refractivity contribution in [2.75, 3.05) is 13.6 Å². The molecule has 2 aromatic rings. The van der Waals surface area contributed by atoms with Crippen molar-refractivity contribution < 1.29 is 14.6 Å². The molecule has 1 aliphatic heterocycles. The third kappa shape index (κ3) is 4.64. The zero-order chi connectivity index (χ0) is 19.6. The summed E-state index contributed by atoms with van der Waals surface area (Å²) in [5.41, 5.74) is 2.67. The average Bonchev–Trinajstić information content (AvgIpc) is 3.00. The van der Waals surface area contributed by atoms with Gasteiger partial charge in [0, 0.05) is 10.0 Å². The van der Waals surface area contributed by atoms with Gasteiger partial charge in [-0.25, -0.2) is 0 Å². The number of fused-ring (bicyclic) bond motifs is 1. The van der Waals surface area contributed by atoms with Crippen LogP contribution in [0.5, 0.6) is 0 Å². The maximum Gasteiger partial charge on any atom is 0.320 e. The summed E-state index contributed by atoms with van der Waals surface area (Å²) in [5, 5.41) is 10.6. The number of likely N-dealkylation sites (N-methyl/N-ethyl adjacent to an activating group) is 1. The summed E-state index contributed by atoms with van der Waals surface area (Å²) in [6.07, 6.45) is 1.53. The molecule has 2 unspecified atom stereocenters. The maximum absolute atomic E-state index is 11.2. The Kier molecular flexibility index (Phi) is 7.77. The van der Waals surface area contributed by atoms with Gasteiger partial charge in [0.1, 0.15) is 11.6 Å².